The molecule has 0 aliphatic carbocycles. The van der Waals surface area contributed by atoms with Crippen LogP contribution in [0.5, 0.6) is 5.75 Å². The predicted octanol–water partition coefficient (Wildman–Crippen LogP) is 6.77. The third kappa shape index (κ3) is 2.56. The Bertz CT molecular complexity index is 1380. The van der Waals surface area contributed by atoms with Crippen LogP contribution in [0, 0.1) is 5.82 Å². The molecule has 4 aromatic rings. The maximum Gasteiger partial charge on any atom is 0.229 e. The maximum absolute atomic E-state index is 13.5. The molecule has 2 heterocycles. The molecule has 0 radical (unpaired) electrons. The van der Waals surface area contributed by atoms with Gasteiger partial charge in [0, 0.05) is 17.6 Å². The van der Waals surface area contributed by atoms with Crippen LogP contribution >= 0.6 is 0 Å². The van der Waals surface area contributed by atoms with Crippen molar-refractivity contribution in [1.29, 1.82) is 0 Å². The third-order valence-electron chi connectivity index (χ3n) is 6.92. The van der Waals surface area contributed by atoms with Gasteiger partial charge in [0.15, 0.2) is 0 Å². The lowest BCUT2D eigenvalue weighted by molar-refractivity contribution is 0.0764. The molecule has 0 N–H and O–H groups in total. The molecule has 158 valence electrons. The highest BCUT2D eigenvalue weighted by Gasteiger charge is 2.59. The van der Waals surface area contributed by atoms with Crippen LogP contribution in [0.3, 0.4) is 0 Å². The number of para-hydroxylation sites is 1. The van der Waals surface area contributed by atoms with Gasteiger partial charge < -0.3 is 9.64 Å². The molecule has 0 amide bonds. The zero-order valence-electron chi connectivity index (χ0n) is 18.0. The summed E-state index contributed by atoms with van der Waals surface area (Å²) in [6.07, 6.45) is 1.96. The fourth-order valence-corrected chi connectivity index (χ4v) is 5.13. The second-order valence-corrected chi connectivity index (χ2v) is 9.04. The lowest BCUT2D eigenvalue weighted by Gasteiger charge is -2.46. The SMILES string of the molecule is CC1(C)c2ccccc2N(Cc2ccc(F)cc2)C12C=Nc1c(ccc3ccccc13)O2. The first-order valence-electron chi connectivity index (χ1n) is 10.9. The van der Waals surface area contributed by atoms with E-state index in [9.17, 15) is 4.39 Å². The molecule has 1 atom stereocenters. The number of halogens is 1. The summed E-state index contributed by atoms with van der Waals surface area (Å²) in [4.78, 5) is 7.25. The number of benzene rings is 4. The Hall–Kier alpha value is -3.66. The molecule has 0 saturated heterocycles. The van der Waals surface area contributed by atoms with Crippen molar-refractivity contribution in [2.24, 2.45) is 4.99 Å². The molecule has 2 aliphatic rings. The summed E-state index contributed by atoms with van der Waals surface area (Å²) < 4.78 is 20.4. The number of aliphatic imine (C=N–C) groups is 1. The van der Waals surface area contributed by atoms with Crippen molar-refractivity contribution in [3.05, 3.63) is 102 Å². The van der Waals surface area contributed by atoms with Crippen LogP contribution < -0.4 is 9.64 Å². The highest BCUT2D eigenvalue weighted by atomic mass is 19.1. The summed E-state index contributed by atoms with van der Waals surface area (Å²) >= 11 is 0. The van der Waals surface area contributed by atoms with E-state index in [1.165, 1.54) is 17.7 Å². The number of nitrogens with zero attached hydrogens (tertiary/aromatic N) is 2. The Labute approximate surface area is 186 Å². The number of fused-ring (bicyclic) bond motifs is 4. The first kappa shape index (κ1) is 19.1. The van der Waals surface area contributed by atoms with Crippen molar-refractivity contribution >= 4 is 28.4 Å². The highest BCUT2D eigenvalue weighted by molar-refractivity contribution is 5.99. The molecule has 2 aliphatic heterocycles. The fraction of sp³-hybridized carbons (Fsp3) is 0.179. The fourth-order valence-electron chi connectivity index (χ4n) is 5.13. The summed E-state index contributed by atoms with van der Waals surface area (Å²) in [5.41, 5.74) is 3.02. The van der Waals surface area contributed by atoms with Gasteiger partial charge in [-0.3, -0.25) is 4.99 Å². The molecule has 1 spiro atoms. The Morgan fingerprint density at radius 2 is 1.62 bits per heavy atom. The van der Waals surface area contributed by atoms with Crippen LogP contribution in [0.2, 0.25) is 0 Å². The number of hydrogen-bond donors (Lipinski definition) is 0. The van der Waals surface area contributed by atoms with Crippen LogP contribution in [0.25, 0.3) is 10.8 Å². The standard InChI is InChI=1S/C28H23FN2O/c1-27(2)23-9-5-6-10-24(23)31(17-19-11-14-21(29)15-12-19)28(27)18-30-26-22-8-4-3-7-20(22)13-16-25(26)32-28/h3-16,18H,17H2,1-2H3. The number of anilines is 1. The first-order valence-corrected chi connectivity index (χ1v) is 10.9. The van der Waals surface area contributed by atoms with E-state index in [0.29, 0.717) is 6.54 Å². The number of ether oxygens (including phenoxy) is 1. The third-order valence-corrected chi connectivity index (χ3v) is 6.92. The Morgan fingerprint density at radius 1 is 0.875 bits per heavy atom. The van der Waals surface area contributed by atoms with E-state index in [-0.39, 0.29) is 11.2 Å². The minimum absolute atomic E-state index is 0.234. The van der Waals surface area contributed by atoms with Gasteiger partial charge >= 0.3 is 0 Å². The number of rotatable bonds is 2. The largest absolute Gasteiger partial charge is 0.459 e. The summed E-state index contributed by atoms with van der Waals surface area (Å²) in [5.74, 6) is 0.540. The van der Waals surface area contributed by atoms with Crippen molar-refractivity contribution in [3.63, 3.8) is 0 Å². The monoisotopic (exact) mass is 422 g/mol. The molecular weight excluding hydrogens is 399 g/mol. The lowest BCUT2D eigenvalue weighted by Crippen LogP contribution is -2.61. The van der Waals surface area contributed by atoms with E-state index in [1.54, 1.807) is 0 Å². The summed E-state index contributed by atoms with van der Waals surface area (Å²) in [6, 6.07) is 27.4. The van der Waals surface area contributed by atoms with Gasteiger partial charge in [0.05, 0.1) is 11.6 Å². The van der Waals surface area contributed by atoms with E-state index in [1.807, 2.05) is 42.6 Å². The molecule has 6 rings (SSSR count). The topological polar surface area (TPSA) is 24.8 Å². The second kappa shape index (κ2) is 6.67. The molecule has 3 nitrogen and oxygen atoms in total. The van der Waals surface area contributed by atoms with Gasteiger partial charge in [0.25, 0.3) is 0 Å². The molecule has 4 heteroatoms. The van der Waals surface area contributed by atoms with Crippen molar-refractivity contribution in [2.75, 3.05) is 4.90 Å². The molecule has 0 fully saturated rings. The highest BCUT2D eigenvalue weighted by Crippen LogP contribution is 2.55. The first-order chi connectivity index (χ1) is 15.5. The van der Waals surface area contributed by atoms with Crippen molar-refractivity contribution in [1.82, 2.24) is 0 Å². The zero-order valence-corrected chi connectivity index (χ0v) is 18.0. The molecular formula is C28H23FN2O. The summed E-state index contributed by atoms with van der Waals surface area (Å²) in [7, 11) is 0. The molecule has 0 saturated carbocycles. The smallest absolute Gasteiger partial charge is 0.229 e. The van der Waals surface area contributed by atoms with Crippen molar-refractivity contribution in [3.8, 4) is 5.75 Å². The van der Waals surface area contributed by atoms with E-state index < -0.39 is 5.72 Å². The molecule has 0 aromatic heterocycles. The Balaban J connectivity index is 1.52. The van der Waals surface area contributed by atoms with E-state index in [2.05, 4.69) is 55.1 Å². The minimum Gasteiger partial charge on any atom is -0.459 e. The van der Waals surface area contributed by atoms with Crippen molar-refractivity contribution in [2.45, 2.75) is 31.5 Å². The second-order valence-electron chi connectivity index (χ2n) is 9.04. The van der Waals surface area contributed by atoms with Crippen LogP contribution in [-0.2, 0) is 12.0 Å². The average Bonchev–Trinajstić information content (AvgIpc) is 2.99. The predicted molar refractivity (Wildman–Crippen MR) is 128 cm³/mol. The Kier molecular flexibility index (Phi) is 3.97. The van der Waals surface area contributed by atoms with Gasteiger partial charge in [-0.25, -0.2) is 4.39 Å². The summed E-state index contributed by atoms with van der Waals surface area (Å²) in [6.45, 7) is 4.98. The molecule has 4 aromatic carbocycles. The normalized spacial score (nSPS) is 20.3. The minimum atomic E-state index is -0.805. The lowest BCUT2D eigenvalue weighted by atomic mass is 9.77. The van der Waals surface area contributed by atoms with Crippen molar-refractivity contribution < 1.29 is 9.13 Å². The van der Waals surface area contributed by atoms with Gasteiger partial charge in [-0.15, -0.1) is 0 Å². The van der Waals surface area contributed by atoms with E-state index >= 15 is 0 Å². The van der Waals surface area contributed by atoms with Gasteiger partial charge in [0.2, 0.25) is 5.72 Å². The van der Waals surface area contributed by atoms with Crippen LogP contribution in [-0.4, -0.2) is 11.9 Å². The molecule has 1 unspecified atom stereocenters. The van der Waals surface area contributed by atoms with Gasteiger partial charge in [0.1, 0.15) is 17.3 Å². The van der Waals surface area contributed by atoms with Crippen LogP contribution in [0.15, 0.2) is 89.9 Å². The summed E-state index contributed by atoms with van der Waals surface area (Å²) in [5, 5.41) is 2.22. The Morgan fingerprint density at radius 3 is 2.47 bits per heavy atom. The van der Waals surface area contributed by atoms with E-state index in [0.717, 1.165) is 33.5 Å². The molecule has 32 heavy (non-hydrogen) atoms. The van der Waals surface area contributed by atoms with Gasteiger partial charge in [-0.1, -0.05) is 60.7 Å². The number of hydrogen-bond acceptors (Lipinski definition) is 3. The van der Waals surface area contributed by atoms with Gasteiger partial charge in [-0.05, 0) is 54.6 Å². The van der Waals surface area contributed by atoms with E-state index in [4.69, 9.17) is 9.73 Å². The van der Waals surface area contributed by atoms with Crippen LogP contribution in [0.4, 0.5) is 15.8 Å². The quantitative estimate of drug-likeness (QED) is 0.356. The maximum atomic E-state index is 13.5. The zero-order chi connectivity index (χ0) is 21.9. The van der Waals surface area contributed by atoms with Gasteiger partial charge in [-0.2, -0.15) is 0 Å². The average molecular weight is 423 g/mol. The van der Waals surface area contributed by atoms with Crippen LogP contribution in [0.1, 0.15) is 25.0 Å². The molecule has 0 bridgehead atoms.